The predicted molar refractivity (Wildman–Crippen MR) is 63.2 cm³/mol. The molecule has 3 unspecified atom stereocenters. The lowest BCUT2D eigenvalue weighted by atomic mass is 9.81. The molecule has 2 aliphatic rings. The van der Waals surface area contributed by atoms with E-state index < -0.39 is 0 Å². The smallest absolute Gasteiger partial charge is 0.122 e. The molecule has 2 saturated heterocycles. The molecule has 2 nitrogen and oxygen atoms in total. The number of rotatable bonds is 3. The molecule has 86 valence electrons. The minimum atomic E-state index is 0.177. The van der Waals surface area contributed by atoms with Gasteiger partial charge in [-0.1, -0.05) is 6.92 Å². The number of ether oxygens (including phenoxy) is 1. The molecular formula is C12H20O2S. The van der Waals surface area contributed by atoms with Crippen LogP contribution in [0.4, 0.5) is 0 Å². The van der Waals surface area contributed by atoms with E-state index in [1.54, 1.807) is 0 Å². The van der Waals surface area contributed by atoms with Crippen molar-refractivity contribution in [1.82, 2.24) is 0 Å². The predicted octanol–water partition coefficient (Wildman–Crippen LogP) is 2.51. The molecule has 2 rings (SSSR count). The highest BCUT2D eigenvalue weighted by molar-refractivity contribution is 7.99. The van der Waals surface area contributed by atoms with Crippen molar-refractivity contribution in [2.45, 2.75) is 38.2 Å². The summed E-state index contributed by atoms with van der Waals surface area (Å²) in [5.41, 5.74) is 0.177. The SMILES string of the molecule is CC(C=O)CC1CCOC2(CCSC2)C1. The molecule has 0 aromatic heterocycles. The highest BCUT2D eigenvalue weighted by Gasteiger charge is 2.40. The van der Waals surface area contributed by atoms with Crippen LogP contribution in [0.5, 0.6) is 0 Å². The van der Waals surface area contributed by atoms with Crippen LogP contribution in [0, 0.1) is 11.8 Å². The van der Waals surface area contributed by atoms with Crippen molar-refractivity contribution >= 4 is 18.0 Å². The summed E-state index contributed by atoms with van der Waals surface area (Å²) in [4.78, 5) is 10.7. The molecule has 15 heavy (non-hydrogen) atoms. The molecule has 0 aromatic rings. The molecule has 3 heteroatoms. The average Bonchev–Trinajstić information content (AvgIpc) is 2.66. The van der Waals surface area contributed by atoms with Gasteiger partial charge in [0.05, 0.1) is 5.60 Å². The van der Waals surface area contributed by atoms with Crippen LogP contribution < -0.4 is 0 Å². The number of carbonyl (C=O) groups excluding carboxylic acids is 1. The summed E-state index contributed by atoms with van der Waals surface area (Å²) in [5, 5.41) is 0. The van der Waals surface area contributed by atoms with Crippen molar-refractivity contribution in [3.8, 4) is 0 Å². The quantitative estimate of drug-likeness (QED) is 0.694. The van der Waals surface area contributed by atoms with Gasteiger partial charge < -0.3 is 9.53 Å². The van der Waals surface area contributed by atoms with Gasteiger partial charge in [-0.3, -0.25) is 0 Å². The monoisotopic (exact) mass is 228 g/mol. The van der Waals surface area contributed by atoms with E-state index in [4.69, 9.17) is 4.74 Å². The van der Waals surface area contributed by atoms with Gasteiger partial charge in [-0.05, 0) is 37.4 Å². The molecule has 0 radical (unpaired) electrons. The molecule has 3 atom stereocenters. The maximum atomic E-state index is 10.7. The minimum absolute atomic E-state index is 0.177. The highest BCUT2D eigenvalue weighted by atomic mass is 32.2. The van der Waals surface area contributed by atoms with E-state index in [9.17, 15) is 4.79 Å². The Morgan fingerprint density at radius 3 is 3.20 bits per heavy atom. The van der Waals surface area contributed by atoms with Crippen LogP contribution >= 0.6 is 11.8 Å². The Balaban J connectivity index is 1.89. The molecule has 0 aromatic carbocycles. The first-order chi connectivity index (χ1) is 7.24. The lowest BCUT2D eigenvalue weighted by Crippen LogP contribution is -2.40. The average molecular weight is 228 g/mol. The number of carbonyl (C=O) groups is 1. The Hall–Kier alpha value is -0.0200. The number of hydrogen-bond acceptors (Lipinski definition) is 3. The molecule has 0 amide bonds. The Bertz CT molecular complexity index is 224. The van der Waals surface area contributed by atoms with E-state index >= 15 is 0 Å². The second-order valence-electron chi connectivity index (χ2n) is 5.04. The fraction of sp³-hybridized carbons (Fsp3) is 0.917. The van der Waals surface area contributed by atoms with E-state index in [2.05, 4.69) is 0 Å². The molecule has 2 heterocycles. The van der Waals surface area contributed by atoms with Crippen molar-refractivity contribution < 1.29 is 9.53 Å². The van der Waals surface area contributed by atoms with E-state index in [1.807, 2.05) is 18.7 Å². The highest BCUT2D eigenvalue weighted by Crippen LogP contribution is 2.41. The van der Waals surface area contributed by atoms with Crippen LogP contribution in [0.25, 0.3) is 0 Å². The molecule has 0 aliphatic carbocycles. The fourth-order valence-electron chi connectivity index (χ4n) is 2.78. The Morgan fingerprint density at radius 2 is 2.53 bits per heavy atom. The third-order valence-electron chi connectivity index (χ3n) is 3.60. The van der Waals surface area contributed by atoms with Gasteiger partial charge in [0.2, 0.25) is 0 Å². The van der Waals surface area contributed by atoms with Crippen LogP contribution in [-0.2, 0) is 9.53 Å². The summed E-state index contributed by atoms with van der Waals surface area (Å²) < 4.78 is 5.96. The topological polar surface area (TPSA) is 26.3 Å². The Morgan fingerprint density at radius 1 is 1.67 bits per heavy atom. The fourth-order valence-corrected chi connectivity index (χ4v) is 4.15. The molecule has 1 spiro atoms. The van der Waals surface area contributed by atoms with Crippen LogP contribution in [0.15, 0.2) is 0 Å². The normalized spacial score (nSPS) is 38.1. The van der Waals surface area contributed by atoms with Crippen LogP contribution in [0.1, 0.15) is 32.6 Å². The van der Waals surface area contributed by atoms with Crippen LogP contribution in [-0.4, -0.2) is 30.0 Å². The molecule has 2 aliphatic heterocycles. The van der Waals surface area contributed by atoms with Gasteiger partial charge in [-0.15, -0.1) is 0 Å². The number of aldehydes is 1. The summed E-state index contributed by atoms with van der Waals surface area (Å²) in [7, 11) is 0. The van der Waals surface area contributed by atoms with Crippen molar-refractivity contribution in [2.24, 2.45) is 11.8 Å². The van der Waals surface area contributed by atoms with Gasteiger partial charge in [-0.2, -0.15) is 11.8 Å². The zero-order valence-corrected chi connectivity index (χ0v) is 10.2. The zero-order chi connectivity index (χ0) is 10.7. The minimum Gasteiger partial charge on any atom is -0.374 e. The first-order valence-corrected chi connectivity index (χ1v) is 7.06. The van der Waals surface area contributed by atoms with Gasteiger partial charge in [0.25, 0.3) is 0 Å². The van der Waals surface area contributed by atoms with Gasteiger partial charge >= 0.3 is 0 Å². The van der Waals surface area contributed by atoms with Gasteiger partial charge in [0, 0.05) is 18.3 Å². The summed E-state index contributed by atoms with van der Waals surface area (Å²) >= 11 is 2.01. The van der Waals surface area contributed by atoms with Crippen molar-refractivity contribution in [1.29, 1.82) is 0 Å². The summed E-state index contributed by atoms with van der Waals surface area (Å²) in [6.07, 6.45) is 5.68. The van der Waals surface area contributed by atoms with Gasteiger partial charge in [-0.25, -0.2) is 0 Å². The van der Waals surface area contributed by atoms with Crippen LogP contribution in [0.2, 0.25) is 0 Å². The first kappa shape index (κ1) is 11.5. The molecule has 0 saturated carbocycles. The maximum Gasteiger partial charge on any atom is 0.122 e. The third kappa shape index (κ3) is 2.76. The Kier molecular flexibility index (Phi) is 3.73. The van der Waals surface area contributed by atoms with Crippen molar-refractivity contribution in [2.75, 3.05) is 18.1 Å². The molecule has 0 N–H and O–H groups in total. The first-order valence-electron chi connectivity index (χ1n) is 5.91. The number of thioether (sulfide) groups is 1. The second kappa shape index (κ2) is 4.88. The summed E-state index contributed by atoms with van der Waals surface area (Å²) in [6.45, 7) is 2.93. The van der Waals surface area contributed by atoms with E-state index in [0.29, 0.717) is 5.92 Å². The largest absolute Gasteiger partial charge is 0.374 e. The van der Waals surface area contributed by atoms with E-state index in [-0.39, 0.29) is 11.5 Å². The van der Waals surface area contributed by atoms with Crippen LogP contribution in [0.3, 0.4) is 0 Å². The standard InChI is InChI=1S/C12H20O2S/c1-10(8-13)6-11-2-4-14-12(7-11)3-5-15-9-12/h8,10-11H,2-7,9H2,1H3. The molecule has 0 bridgehead atoms. The second-order valence-corrected chi connectivity index (χ2v) is 6.15. The molecular weight excluding hydrogens is 208 g/mol. The lowest BCUT2D eigenvalue weighted by molar-refractivity contribution is -0.112. The maximum absolute atomic E-state index is 10.7. The Labute approximate surface area is 96.1 Å². The van der Waals surface area contributed by atoms with Crippen molar-refractivity contribution in [3.63, 3.8) is 0 Å². The number of hydrogen-bond donors (Lipinski definition) is 0. The lowest BCUT2D eigenvalue weighted by Gasteiger charge is -2.38. The van der Waals surface area contributed by atoms with Gasteiger partial charge in [0.1, 0.15) is 6.29 Å². The van der Waals surface area contributed by atoms with E-state index in [0.717, 1.165) is 25.7 Å². The zero-order valence-electron chi connectivity index (χ0n) is 9.41. The third-order valence-corrected chi connectivity index (χ3v) is 4.82. The van der Waals surface area contributed by atoms with Gasteiger partial charge in [0.15, 0.2) is 0 Å². The summed E-state index contributed by atoms with van der Waals surface area (Å²) in [5.74, 6) is 3.34. The summed E-state index contributed by atoms with van der Waals surface area (Å²) in [6, 6.07) is 0. The van der Waals surface area contributed by atoms with Crippen molar-refractivity contribution in [3.05, 3.63) is 0 Å². The van der Waals surface area contributed by atoms with E-state index in [1.165, 1.54) is 24.3 Å². The molecule has 2 fully saturated rings.